The van der Waals surface area contributed by atoms with E-state index >= 15 is 0 Å². The lowest BCUT2D eigenvalue weighted by Gasteiger charge is -2.32. The molecule has 20 heavy (non-hydrogen) atoms. The van der Waals surface area contributed by atoms with Crippen molar-refractivity contribution in [2.75, 3.05) is 24.6 Å². The molecule has 1 fully saturated rings. The fourth-order valence-corrected chi connectivity index (χ4v) is 2.88. The van der Waals surface area contributed by atoms with Crippen LogP contribution in [0, 0.1) is 5.92 Å². The number of aliphatic hydroxyl groups is 2. The highest BCUT2D eigenvalue weighted by Crippen LogP contribution is 2.29. The summed E-state index contributed by atoms with van der Waals surface area (Å²) in [4.78, 5) is 6.88. The summed E-state index contributed by atoms with van der Waals surface area (Å²) < 4.78 is 0. The van der Waals surface area contributed by atoms with Crippen molar-refractivity contribution in [1.82, 2.24) is 4.98 Å². The number of rotatable bonds is 3. The predicted molar refractivity (Wildman–Crippen MR) is 79.7 cm³/mol. The molecule has 1 aliphatic rings. The van der Waals surface area contributed by atoms with Crippen LogP contribution in [0.4, 0.5) is 5.82 Å². The summed E-state index contributed by atoms with van der Waals surface area (Å²) in [6, 6.07) is 10.1. The molecular weight excluding hydrogens is 252 g/mol. The van der Waals surface area contributed by atoms with Crippen molar-refractivity contribution in [2.45, 2.75) is 19.4 Å². The molecule has 1 aromatic heterocycles. The number of hydrogen-bond acceptors (Lipinski definition) is 4. The number of piperidine rings is 1. The summed E-state index contributed by atoms with van der Waals surface area (Å²) in [6.45, 7) is 2.07. The first-order chi connectivity index (χ1) is 9.81. The molecule has 1 saturated heterocycles. The standard InChI is InChI=1S/C16H20N2O2/c19-10-12-5-7-18(8-6-12)16-15-4-2-1-3-13(15)9-14(11-20)17-16/h1-4,9,12,19-20H,5-8,10-11H2. The van der Waals surface area contributed by atoms with E-state index in [1.54, 1.807) is 0 Å². The minimum absolute atomic E-state index is 0.0368. The van der Waals surface area contributed by atoms with Crippen LogP contribution in [0.2, 0.25) is 0 Å². The molecule has 0 radical (unpaired) electrons. The Morgan fingerprint density at radius 2 is 1.90 bits per heavy atom. The second-order valence-corrected chi connectivity index (χ2v) is 5.43. The van der Waals surface area contributed by atoms with Gasteiger partial charge in [-0.1, -0.05) is 24.3 Å². The Hall–Kier alpha value is -1.65. The lowest BCUT2D eigenvalue weighted by Crippen LogP contribution is -2.35. The Morgan fingerprint density at radius 3 is 2.60 bits per heavy atom. The summed E-state index contributed by atoms with van der Waals surface area (Å²) in [5.74, 6) is 1.38. The molecule has 2 heterocycles. The molecule has 0 spiro atoms. The summed E-state index contributed by atoms with van der Waals surface area (Å²) in [6.07, 6.45) is 1.99. The van der Waals surface area contributed by atoms with Crippen LogP contribution in [0.3, 0.4) is 0 Å². The summed E-state index contributed by atoms with van der Waals surface area (Å²) in [7, 11) is 0. The second kappa shape index (κ2) is 5.77. The van der Waals surface area contributed by atoms with Crippen LogP contribution in [0.5, 0.6) is 0 Å². The van der Waals surface area contributed by atoms with Gasteiger partial charge in [-0.2, -0.15) is 0 Å². The van der Waals surface area contributed by atoms with Gasteiger partial charge in [-0.05, 0) is 30.2 Å². The zero-order chi connectivity index (χ0) is 13.9. The number of fused-ring (bicyclic) bond motifs is 1. The van der Waals surface area contributed by atoms with Crippen LogP contribution in [0.1, 0.15) is 18.5 Å². The first kappa shape index (κ1) is 13.3. The smallest absolute Gasteiger partial charge is 0.136 e. The van der Waals surface area contributed by atoms with Crippen LogP contribution < -0.4 is 4.90 Å². The fourth-order valence-electron chi connectivity index (χ4n) is 2.88. The number of hydrogen-bond donors (Lipinski definition) is 2. The number of benzene rings is 1. The summed E-state index contributed by atoms with van der Waals surface area (Å²) >= 11 is 0. The SMILES string of the molecule is OCc1cc2ccccc2c(N2CCC(CO)CC2)n1. The van der Waals surface area contributed by atoms with E-state index in [4.69, 9.17) is 0 Å². The monoisotopic (exact) mass is 272 g/mol. The van der Waals surface area contributed by atoms with Gasteiger partial charge in [0.05, 0.1) is 12.3 Å². The maximum Gasteiger partial charge on any atom is 0.136 e. The molecule has 106 valence electrons. The van der Waals surface area contributed by atoms with Crippen LogP contribution in [0.25, 0.3) is 10.8 Å². The molecule has 0 aliphatic carbocycles. The maximum absolute atomic E-state index is 9.39. The highest BCUT2D eigenvalue weighted by atomic mass is 16.3. The van der Waals surface area contributed by atoms with Crippen LogP contribution in [0.15, 0.2) is 30.3 Å². The van der Waals surface area contributed by atoms with E-state index in [-0.39, 0.29) is 13.2 Å². The zero-order valence-corrected chi connectivity index (χ0v) is 11.5. The van der Waals surface area contributed by atoms with Gasteiger partial charge in [-0.15, -0.1) is 0 Å². The van der Waals surface area contributed by atoms with Crippen LogP contribution in [-0.2, 0) is 6.61 Å². The summed E-state index contributed by atoms with van der Waals surface area (Å²) in [5.41, 5.74) is 0.711. The number of anilines is 1. The largest absolute Gasteiger partial charge is 0.396 e. The van der Waals surface area contributed by atoms with Crippen molar-refractivity contribution in [3.8, 4) is 0 Å². The number of pyridine rings is 1. The van der Waals surface area contributed by atoms with Gasteiger partial charge in [0.25, 0.3) is 0 Å². The average molecular weight is 272 g/mol. The number of aromatic nitrogens is 1. The van der Waals surface area contributed by atoms with Gasteiger partial charge >= 0.3 is 0 Å². The first-order valence-corrected chi connectivity index (χ1v) is 7.17. The van der Waals surface area contributed by atoms with Gasteiger partial charge in [0.15, 0.2) is 0 Å². The highest BCUT2D eigenvalue weighted by molar-refractivity contribution is 5.92. The van der Waals surface area contributed by atoms with E-state index in [1.165, 1.54) is 0 Å². The van der Waals surface area contributed by atoms with E-state index in [9.17, 15) is 10.2 Å². The average Bonchev–Trinajstić information content (AvgIpc) is 2.54. The molecule has 0 atom stereocenters. The third-order valence-electron chi connectivity index (χ3n) is 4.11. The molecule has 0 unspecified atom stereocenters. The van der Waals surface area contributed by atoms with Gasteiger partial charge in [-0.25, -0.2) is 4.98 Å². The second-order valence-electron chi connectivity index (χ2n) is 5.43. The van der Waals surface area contributed by atoms with Crippen molar-refractivity contribution in [3.05, 3.63) is 36.0 Å². The number of nitrogens with zero attached hydrogens (tertiary/aromatic N) is 2. The minimum atomic E-state index is -0.0368. The molecule has 4 heteroatoms. The van der Waals surface area contributed by atoms with Gasteiger partial charge in [0, 0.05) is 25.1 Å². The molecular formula is C16H20N2O2. The van der Waals surface area contributed by atoms with E-state index < -0.39 is 0 Å². The molecule has 2 aromatic rings. The van der Waals surface area contributed by atoms with E-state index in [2.05, 4.69) is 22.0 Å². The van der Waals surface area contributed by atoms with E-state index in [1.807, 2.05) is 18.2 Å². The fraction of sp³-hybridized carbons (Fsp3) is 0.438. The zero-order valence-electron chi connectivity index (χ0n) is 11.5. The molecule has 3 rings (SSSR count). The Balaban J connectivity index is 1.98. The molecule has 1 aliphatic heterocycles. The van der Waals surface area contributed by atoms with Crippen LogP contribution >= 0.6 is 0 Å². The molecule has 4 nitrogen and oxygen atoms in total. The lowest BCUT2D eigenvalue weighted by molar-refractivity contribution is 0.203. The third-order valence-corrected chi connectivity index (χ3v) is 4.11. The molecule has 2 N–H and O–H groups in total. The molecule has 0 amide bonds. The lowest BCUT2D eigenvalue weighted by atomic mass is 9.97. The minimum Gasteiger partial charge on any atom is -0.396 e. The van der Waals surface area contributed by atoms with E-state index in [0.717, 1.165) is 42.5 Å². The van der Waals surface area contributed by atoms with Gasteiger partial charge < -0.3 is 15.1 Å². The topological polar surface area (TPSA) is 56.6 Å². The van der Waals surface area contributed by atoms with Crippen LogP contribution in [-0.4, -0.2) is 34.9 Å². The van der Waals surface area contributed by atoms with Gasteiger partial charge in [-0.3, -0.25) is 0 Å². The van der Waals surface area contributed by atoms with Crippen molar-refractivity contribution < 1.29 is 10.2 Å². The maximum atomic E-state index is 9.39. The first-order valence-electron chi connectivity index (χ1n) is 7.17. The van der Waals surface area contributed by atoms with E-state index in [0.29, 0.717) is 11.6 Å². The normalized spacial score (nSPS) is 16.8. The van der Waals surface area contributed by atoms with Crippen molar-refractivity contribution in [3.63, 3.8) is 0 Å². The molecule has 0 bridgehead atoms. The predicted octanol–water partition coefficient (Wildman–Crippen LogP) is 1.94. The molecule has 0 saturated carbocycles. The summed E-state index contributed by atoms with van der Waals surface area (Å²) in [5, 5.41) is 20.9. The van der Waals surface area contributed by atoms with Gasteiger partial charge in [0.2, 0.25) is 0 Å². The Labute approximate surface area is 118 Å². The highest BCUT2D eigenvalue weighted by Gasteiger charge is 2.21. The Morgan fingerprint density at radius 1 is 1.15 bits per heavy atom. The Bertz CT molecular complexity index is 592. The van der Waals surface area contributed by atoms with Gasteiger partial charge in [0.1, 0.15) is 5.82 Å². The molecule has 1 aromatic carbocycles. The third kappa shape index (κ3) is 2.49. The quantitative estimate of drug-likeness (QED) is 0.896. The Kier molecular flexibility index (Phi) is 3.85. The number of aliphatic hydroxyl groups excluding tert-OH is 2. The van der Waals surface area contributed by atoms with Crippen molar-refractivity contribution >= 4 is 16.6 Å². The van der Waals surface area contributed by atoms with Crippen molar-refractivity contribution in [1.29, 1.82) is 0 Å². The van der Waals surface area contributed by atoms with Crippen molar-refractivity contribution in [2.24, 2.45) is 5.92 Å².